The van der Waals surface area contributed by atoms with E-state index in [-0.39, 0.29) is 11.0 Å². The highest BCUT2D eigenvalue weighted by atomic mass is 32.2. The molecule has 3 aromatic carbocycles. The van der Waals surface area contributed by atoms with Crippen molar-refractivity contribution >= 4 is 44.9 Å². The third-order valence-corrected chi connectivity index (χ3v) is 8.64. The van der Waals surface area contributed by atoms with Crippen molar-refractivity contribution in [3.05, 3.63) is 84.6 Å². The molecule has 0 saturated carbocycles. The molecule has 1 aromatic heterocycles. The highest BCUT2D eigenvalue weighted by molar-refractivity contribution is 7.89. The Hall–Kier alpha value is -4.26. The average Bonchev–Trinajstić information content (AvgIpc) is 3.41. The van der Waals surface area contributed by atoms with Gasteiger partial charge in [0.05, 0.1) is 15.9 Å². The largest absolute Gasteiger partial charge is 0.447 e. The second kappa shape index (κ2) is 13.4. The summed E-state index contributed by atoms with van der Waals surface area (Å²) in [6.45, 7) is 9.14. The summed E-state index contributed by atoms with van der Waals surface area (Å²) in [6, 6.07) is 20.9. The first-order valence-corrected chi connectivity index (χ1v) is 15.9. The first-order valence-electron chi connectivity index (χ1n) is 13.6. The number of thiazole rings is 1. The van der Waals surface area contributed by atoms with Crippen LogP contribution in [-0.4, -0.2) is 37.2 Å². The number of nitrogens with one attached hydrogen (secondary N) is 4. The molecule has 4 rings (SSSR count). The third kappa shape index (κ3) is 9.11. The number of carbonyl (C=O) groups excluding carboxylic acids is 2. The van der Waals surface area contributed by atoms with Gasteiger partial charge in [0.15, 0.2) is 0 Å². The van der Waals surface area contributed by atoms with Crippen molar-refractivity contribution in [2.45, 2.75) is 57.7 Å². The minimum absolute atomic E-state index is 0.0155. The van der Waals surface area contributed by atoms with Crippen molar-refractivity contribution in [2.75, 3.05) is 10.6 Å². The van der Waals surface area contributed by atoms with Gasteiger partial charge < -0.3 is 15.4 Å². The number of nitrogens with zero attached hydrogens (tertiary/aromatic N) is 1. The van der Waals surface area contributed by atoms with Crippen molar-refractivity contribution < 1.29 is 22.7 Å². The van der Waals surface area contributed by atoms with Crippen molar-refractivity contribution in [1.82, 2.24) is 15.0 Å². The van der Waals surface area contributed by atoms with Crippen LogP contribution in [0, 0.1) is 0 Å². The Bertz CT molecular complexity index is 1680. The van der Waals surface area contributed by atoms with E-state index in [9.17, 15) is 18.0 Å². The lowest BCUT2D eigenvalue weighted by Crippen LogP contribution is -2.40. The fraction of sp³-hybridized carbons (Fsp3) is 0.258. The first-order chi connectivity index (χ1) is 20.3. The van der Waals surface area contributed by atoms with Crippen LogP contribution in [0.25, 0.3) is 21.0 Å². The zero-order valence-electron chi connectivity index (χ0n) is 24.6. The fourth-order valence-corrected chi connectivity index (χ4v) is 6.72. The molecule has 0 aliphatic rings. The Balaban J connectivity index is 1.58. The van der Waals surface area contributed by atoms with Gasteiger partial charge in [-0.3, -0.25) is 5.32 Å². The van der Waals surface area contributed by atoms with Gasteiger partial charge in [-0.25, -0.2) is 27.7 Å². The summed E-state index contributed by atoms with van der Waals surface area (Å²) in [7, 11) is -3.99. The number of carbonyl (C=O) groups is 2. The number of amides is 3. The van der Waals surface area contributed by atoms with Crippen molar-refractivity contribution in [2.24, 2.45) is 0 Å². The van der Waals surface area contributed by atoms with Crippen molar-refractivity contribution in [3.63, 3.8) is 0 Å². The molecule has 0 bridgehead atoms. The molecule has 0 spiro atoms. The summed E-state index contributed by atoms with van der Waals surface area (Å²) < 4.78 is 34.9. The predicted molar refractivity (Wildman–Crippen MR) is 171 cm³/mol. The van der Waals surface area contributed by atoms with E-state index in [2.05, 4.69) is 25.7 Å². The number of ether oxygens (including phenoxy) is 1. The maximum atomic E-state index is 13.6. The summed E-state index contributed by atoms with van der Waals surface area (Å²) in [5.41, 5.74) is 2.35. The van der Waals surface area contributed by atoms with Crippen LogP contribution in [0.5, 0.6) is 0 Å². The van der Waals surface area contributed by atoms with Crippen LogP contribution in [0.3, 0.4) is 0 Å². The van der Waals surface area contributed by atoms with Crippen LogP contribution in [0.2, 0.25) is 0 Å². The monoisotopic (exact) mass is 621 g/mol. The molecular weight excluding hydrogens is 587 g/mol. The normalized spacial score (nSPS) is 11.7. The minimum Gasteiger partial charge on any atom is -0.447 e. The number of benzene rings is 3. The summed E-state index contributed by atoms with van der Waals surface area (Å²) >= 11 is 1.33. The number of hydrogen-bond acceptors (Lipinski definition) is 7. The summed E-state index contributed by atoms with van der Waals surface area (Å²) in [6.07, 6.45) is 0.850. The molecular formula is C31H35N5O5S2. The van der Waals surface area contributed by atoms with E-state index in [0.29, 0.717) is 33.4 Å². The molecule has 226 valence electrons. The molecule has 0 saturated heterocycles. The highest BCUT2D eigenvalue weighted by Gasteiger charge is 2.26. The quantitative estimate of drug-likeness (QED) is 0.162. The number of rotatable bonds is 9. The molecule has 4 N–H and O–H groups in total. The molecule has 12 heteroatoms. The molecule has 3 amide bonds. The SMILES string of the molecule is CC(C)OC(=O)Nc1ccc(-c2ncc(-c3ccc(NC(=O)NCc4ccccc4)cc3S(=O)(=O)NC(C)(C)C)s2)cc1. The van der Waals surface area contributed by atoms with Gasteiger partial charge in [0.2, 0.25) is 10.0 Å². The lowest BCUT2D eigenvalue weighted by Gasteiger charge is -2.22. The lowest BCUT2D eigenvalue weighted by atomic mass is 10.1. The zero-order valence-corrected chi connectivity index (χ0v) is 26.2. The van der Waals surface area contributed by atoms with Gasteiger partial charge in [-0.15, -0.1) is 11.3 Å². The third-order valence-electron chi connectivity index (χ3n) is 5.76. The second-order valence-electron chi connectivity index (χ2n) is 11.0. The Morgan fingerprint density at radius 1 is 0.930 bits per heavy atom. The highest BCUT2D eigenvalue weighted by Crippen LogP contribution is 2.37. The molecule has 0 unspecified atom stereocenters. The number of anilines is 2. The number of sulfonamides is 1. The number of urea groups is 1. The van der Waals surface area contributed by atoms with E-state index >= 15 is 0 Å². The molecule has 0 fully saturated rings. The Morgan fingerprint density at radius 2 is 1.60 bits per heavy atom. The first kappa shape index (κ1) is 31.7. The van der Waals surface area contributed by atoms with E-state index in [0.717, 1.165) is 11.1 Å². The average molecular weight is 622 g/mol. The van der Waals surface area contributed by atoms with Crippen LogP contribution in [0.1, 0.15) is 40.2 Å². The molecule has 0 aliphatic carbocycles. The van der Waals surface area contributed by atoms with E-state index < -0.39 is 27.7 Å². The Labute approximate surface area is 256 Å². The molecule has 4 aromatic rings. The van der Waals surface area contributed by atoms with Gasteiger partial charge in [0, 0.05) is 40.8 Å². The second-order valence-corrected chi connectivity index (χ2v) is 13.7. The van der Waals surface area contributed by atoms with Gasteiger partial charge in [-0.1, -0.05) is 36.4 Å². The molecule has 0 aliphatic heterocycles. The zero-order chi connectivity index (χ0) is 31.2. The van der Waals surface area contributed by atoms with E-state index in [1.165, 1.54) is 17.4 Å². The Kier molecular flexibility index (Phi) is 9.84. The molecule has 43 heavy (non-hydrogen) atoms. The summed E-state index contributed by atoms with van der Waals surface area (Å²) in [5.74, 6) is 0. The van der Waals surface area contributed by atoms with Crippen LogP contribution in [-0.2, 0) is 21.3 Å². The minimum atomic E-state index is -3.99. The maximum Gasteiger partial charge on any atom is 0.411 e. The van der Waals surface area contributed by atoms with Crippen molar-refractivity contribution in [1.29, 1.82) is 0 Å². The van der Waals surface area contributed by atoms with Crippen LogP contribution >= 0.6 is 11.3 Å². The topological polar surface area (TPSA) is 139 Å². The summed E-state index contributed by atoms with van der Waals surface area (Å²) in [4.78, 5) is 29.7. The predicted octanol–water partition coefficient (Wildman–Crippen LogP) is 6.83. The summed E-state index contributed by atoms with van der Waals surface area (Å²) in [5, 5.41) is 8.86. The standard InChI is InChI=1S/C31H35N5O5S2/c1-20(2)41-30(38)35-23-13-11-22(12-14-23)28-32-19-26(42-28)25-16-15-24(17-27(25)43(39,40)36-31(3,4)5)34-29(37)33-18-21-9-7-6-8-10-21/h6-17,19-20,36H,18H2,1-5H3,(H,35,38)(H2,33,34,37). The Morgan fingerprint density at radius 3 is 2.26 bits per heavy atom. The number of aromatic nitrogens is 1. The van der Waals surface area contributed by atoms with Gasteiger partial charge >= 0.3 is 12.1 Å². The van der Waals surface area contributed by atoms with Gasteiger partial charge in [0.1, 0.15) is 5.01 Å². The molecule has 10 nitrogen and oxygen atoms in total. The van der Waals surface area contributed by atoms with E-state index in [4.69, 9.17) is 4.74 Å². The van der Waals surface area contributed by atoms with Gasteiger partial charge in [0.25, 0.3) is 0 Å². The fourth-order valence-electron chi connectivity index (χ4n) is 4.03. The van der Waals surface area contributed by atoms with Crippen LogP contribution < -0.4 is 20.7 Å². The van der Waals surface area contributed by atoms with Crippen LogP contribution in [0.15, 0.2) is 83.9 Å². The van der Waals surface area contributed by atoms with Crippen molar-refractivity contribution in [3.8, 4) is 21.0 Å². The molecule has 0 atom stereocenters. The maximum absolute atomic E-state index is 13.6. The van der Waals surface area contributed by atoms with E-state index in [1.807, 2.05) is 42.5 Å². The van der Waals surface area contributed by atoms with Gasteiger partial charge in [-0.2, -0.15) is 0 Å². The number of hydrogen-bond donors (Lipinski definition) is 4. The molecule has 0 radical (unpaired) electrons. The smallest absolute Gasteiger partial charge is 0.411 e. The van der Waals surface area contributed by atoms with E-state index in [1.54, 1.807) is 65.1 Å². The van der Waals surface area contributed by atoms with Crippen LogP contribution in [0.4, 0.5) is 21.0 Å². The lowest BCUT2D eigenvalue weighted by molar-refractivity contribution is 0.130. The van der Waals surface area contributed by atoms with Gasteiger partial charge in [-0.05, 0) is 76.6 Å². The molecule has 1 heterocycles.